The summed E-state index contributed by atoms with van der Waals surface area (Å²) in [5, 5.41) is 42.9. The first-order valence-electron chi connectivity index (χ1n) is 18.6. The van der Waals surface area contributed by atoms with Crippen LogP contribution in [0.25, 0.3) is 10.8 Å². The Morgan fingerprint density at radius 1 is 0.514 bits per heavy atom. The number of benzene rings is 6. The van der Waals surface area contributed by atoms with Crippen molar-refractivity contribution in [1.29, 1.82) is 0 Å². The third kappa shape index (κ3) is 16.1. The predicted octanol–water partition coefficient (Wildman–Crippen LogP) is -3.92. The first-order valence-corrected chi connectivity index (χ1v) is 24.7. The van der Waals surface area contributed by atoms with E-state index in [-0.39, 0.29) is 180 Å². The zero-order valence-electron chi connectivity index (χ0n) is 38.2. The molecule has 0 spiro atoms. The van der Waals surface area contributed by atoms with E-state index in [1.807, 2.05) is 0 Å². The summed E-state index contributed by atoms with van der Waals surface area (Å²) in [4.78, 5) is 9.53. The van der Waals surface area contributed by atoms with E-state index in [0.717, 1.165) is 42.5 Å². The zero-order chi connectivity index (χ0) is 49.3. The maximum Gasteiger partial charge on any atom is 1.00 e. The molecule has 0 fully saturated rings. The molecule has 33 heteroatoms. The van der Waals surface area contributed by atoms with Gasteiger partial charge in [0.2, 0.25) is 17.2 Å². The molecule has 7 rings (SSSR count). The van der Waals surface area contributed by atoms with Gasteiger partial charge in [-0.15, -0.1) is 10.2 Å². The van der Waals surface area contributed by atoms with Gasteiger partial charge in [0.25, 0.3) is 10.1 Å². The van der Waals surface area contributed by atoms with E-state index in [0.29, 0.717) is 16.8 Å². The van der Waals surface area contributed by atoms with Crippen LogP contribution in [0, 0.1) is 13.8 Å². The summed E-state index contributed by atoms with van der Waals surface area (Å²) in [6, 6.07) is 20.5. The first-order chi connectivity index (χ1) is 31.8. The van der Waals surface area contributed by atoms with Gasteiger partial charge in [-0.25, -0.2) is 25.3 Å². The van der Waals surface area contributed by atoms with Crippen LogP contribution in [0.15, 0.2) is 153 Å². The van der Waals surface area contributed by atoms with Crippen molar-refractivity contribution >= 4 is 120 Å². The fourth-order valence-electron chi connectivity index (χ4n) is 5.99. The average Bonchev–Trinajstić information content (AvgIpc) is 3.24. The quantitative estimate of drug-likeness (QED) is 0.0532. The summed E-state index contributed by atoms with van der Waals surface area (Å²) in [5.74, 6) is -1.13. The Labute approximate surface area is 503 Å². The van der Waals surface area contributed by atoms with Gasteiger partial charge in [0.05, 0.1) is 43.1 Å². The minimum absolute atomic E-state index is 0. The van der Waals surface area contributed by atoms with E-state index in [4.69, 9.17) is 11.6 Å². The van der Waals surface area contributed by atoms with Crippen molar-refractivity contribution in [2.24, 2.45) is 30.7 Å². The largest absolute Gasteiger partial charge is 1.00 e. The molecule has 0 aliphatic heterocycles. The Kier molecular flexibility index (Phi) is 22.3. The van der Waals surface area contributed by atoms with Crippen molar-refractivity contribution in [2.45, 2.75) is 33.4 Å². The van der Waals surface area contributed by atoms with Crippen LogP contribution in [0.4, 0.5) is 57.4 Å². The van der Waals surface area contributed by atoms with Crippen LogP contribution >= 0.6 is 11.6 Å². The van der Waals surface area contributed by atoms with E-state index >= 15 is 0 Å². The predicted molar refractivity (Wildman–Crippen MR) is 236 cm³/mol. The number of hydrogen-bond donors (Lipinski definition) is 3. The fourth-order valence-corrected chi connectivity index (χ4v) is 8.37. The summed E-state index contributed by atoms with van der Waals surface area (Å²) in [6.45, 7) is 3.13. The minimum Gasteiger partial charge on any atom is -0.871 e. The second-order valence-corrected chi connectivity index (χ2v) is 19.9. The number of azo groups is 3. The molecule has 350 valence electrons. The van der Waals surface area contributed by atoms with Crippen molar-refractivity contribution in [1.82, 2.24) is 15.0 Å². The molecule has 0 saturated heterocycles. The van der Waals surface area contributed by atoms with Gasteiger partial charge in [-0.2, -0.15) is 43.8 Å². The molecule has 0 aliphatic rings. The Hall–Kier alpha value is -3.28. The Morgan fingerprint density at radius 2 is 0.986 bits per heavy atom. The monoisotopic (exact) mass is 1110 g/mol. The van der Waals surface area contributed by atoms with Crippen LogP contribution < -0.4 is 134 Å². The SMILES string of the molecule is Cc1cc(N=Nc2c(S(=O)(=O)O)cc3cc(Nc4nc(Cl)nc(Nc5ccc(S(=O)(=O)[O-])cc5)n4)ccc3c2[O-])c(C)cc1N=Nc1ccc(N=Nc2ccc(S(=O)(=O)[O-])cc2)cc1S(=O)(=O)[O-].[Na+].[Na+].[Na+].[Na+]. The number of fused-ring (bicyclic) bond motifs is 1. The van der Waals surface area contributed by atoms with Gasteiger partial charge < -0.3 is 29.4 Å². The number of halogens is 1. The van der Waals surface area contributed by atoms with E-state index in [1.165, 1.54) is 60.7 Å². The van der Waals surface area contributed by atoms with Gasteiger partial charge in [-0.05, 0) is 144 Å². The molecule has 1 heterocycles. The summed E-state index contributed by atoms with van der Waals surface area (Å²) < 4.78 is 139. The standard InChI is InChI=1S/C39H30ClN11O13S4.4Na/c1-20-16-32(21(2)15-31(20)49-48-30-14-8-26(19-33(30)67(59,60)61)47-46-24-5-11-28(12-6-24)66(56,57)58)50-51-35-34(68(62,63)64)18-22-17-25(7-13-29(22)36(35)52)42-39-44-37(40)43-38(45-39)41-23-3-9-27(10-4-23)65(53,54)55;;;;/h3-19,52H,1-2H3,(H,53,54,55)(H,56,57,58)(H,59,60,61)(H,62,63,64)(H2,41,42,43,44,45);;;;/q;4*+1/p-4. The van der Waals surface area contributed by atoms with Gasteiger partial charge in [-0.3, -0.25) is 4.55 Å². The second-order valence-electron chi connectivity index (χ2n) is 14.0. The third-order valence-electron chi connectivity index (χ3n) is 9.23. The number of rotatable bonds is 14. The number of anilines is 4. The van der Waals surface area contributed by atoms with Crippen molar-refractivity contribution in [2.75, 3.05) is 10.6 Å². The van der Waals surface area contributed by atoms with E-state index < -0.39 is 71.5 Å². The number of nitrogens with zero attached hydrogens (tertiary/aromatic N) is 9. The molecule has 0 saturated carbocycles. The molecular formula is C39H26ClN11Na4O13S4. The maximum absolute atomic E-state index is 13.7. The van der Waals surface area contributed by atoms with E-state index in [9.17, 15) is 57.0 Å². The fraction of sp³-hybridized carbons (Fsp3) is 0.0513. The van der Waals surface area contributed by atoms with Crippen molar-refractivity contribution in [3.8, 4) is 5.75 Å². The summed E-state index contributed by atoms with van der Waals surface area (Å²) in [7, 11) is -19.6. The molecule has 0 radical (unpaired) electrons. The Morgan fingerprint density at radius 3 is 1.51 bits per heavy atom. The zero-order valence-corrected chi connectivity index (χ0v) is 50.2. The number of nitrogens with one attached hydrogen (secondary N) is 2. The molecule has 24 nitrogen and oxygen atoms in total. The Bertz CT molecular complexity index is 3760. The second kappa shape index (κ2) is 25.5. The van der Waals surface area contributed by atoms with Gasteiger partial charge >= 0.3 is 118 Å². The van der Waals surface area contributed by atoms with Gasteiger partial charge in [0.1, 0.15) is 40.9 Å². The molecule has 0 bridgehead atoms. The van der Waals surface area contributed by atoms with Crippen molar-refractivity contribution in [3.05, 3.63) is 120 Å². The van der Waals surface area contributed by atoms with Crippen LogP contribution in [0.1, 0.15) is 11.1 Å². The van der Waals surface area contributed by atoms with Gasteiger partial charge in [-0.1, -0.05) is 11.8 Å². The maximum atomic E-state index is 13.7. The molecule has 7 aromatic rings. The third-order valence-corrected chi connectivity index (χ3v) is 12.8. The molecule has 6 aromatic carbocycles. The van der Waals surface area contributed by atoms with Crippen LogP contribution in [0.3, 0.4) is 0 Å². The smallest absolute Gasteiger partial charge is 0.871 e. The number of aromatic nitrogens is 3. The Balaban J connectivity index is 0.00000342. The average molecular weight is 1110 g/mol. The molecule has 0 unspecified atom stereocenters. The molecule has 0 aliphatic carbocycles. The van der Waals surface area contributed by atoms with Crippen LogP contribution in [-0.4, -0.2) is 66.8 Å². The summed E-state index contributed by atoms with van der Waals surface area (Å²) in [6.07, 6.45) is 0. The first kappa shape index (κ1) is 63.0. The molecule has 0 atom stereocenters. The van der Waals surface area contributed by atoms with Gasteiger partial charge in [0, 0.05) is 11.4 Å². The van der Waals surface area contributed by atoms with Gasteiger partial charge in [0.15, 0.2) is 0 Å². The number of aryl methyl sites for hydroxylation is 2. The van der Waals surface area contributed by atoms with Crippen LogP contribution in [0.5, 0.6) is 5.75 Å². The topological polar surface area (TPSA) is 386 Å². The molecule has 1 aromatic heterocycles. The molecule has 3 N–H and O–H groups in total. The van der Waals surface area contributed by atoms with Crippen molar-refractivity contribution in [3.63, 3.8) is 0 Å². The minimum atomic E-state index is -5.14. The van der Waals surface area contributed by atoms with Crippen LogP contribution in [0.2, 0.25) is 5.28 Å². The molecule has 0 amide bonds. The van der Waals surface area contributed by atoms with Crippen LogP contribution in [-0.2, 0) is 40.5 Å². The summed E-state index contributed by atoms with van der Waals surface area (Å²) in [5.41, 5.74) is 0.517. The van der Waals surface area contributed by atoms with Crippen molar-refractivity contribution < 1.29 is 175 Å². The summed E-state index contributed by atoms with van der Waals surface area (Å²) >= 11 is 6.09. The molecular weight excluding hydrogens is 1090 g/mol. The van der Waals surface area contributed by atoms with E-state index in [2.05, 4.69) is 56.3 Å². The van der Waals surface area contributed by atoms with E-state index in [1.54, 1.807) is 13.8 Å². The molecule has 72 heavy (non-hydrogen) atoms. The number of hydrogen-bond acceptors (Lipinski definition) is 23. The normalized spacial score (nSPS) is 12.0.